The van der Waals surface area contributed by atoms with Crippen molar-refractivity contribution < 1.29 is 4.79 Å². The van der Waals surface area contributed by atoms with Crippen LogP contribution in [0.3, 0.4) is 0 Å². The molecular weight excluding hydrogens is 410 g/mol. The van der Waals surface area contributed by atoms with Crippen LogP contribution in [-0.4, -0.2) is 59.5 Å². The highest BCUT2D eigenvalue weighted by Gasteiger charge is 2.27. The van der Waals surface area contributed by atoms with Crippen molar-refractivity contribution in [3.63, 3.8) is 0 Å². The van der Waals surface area contributed by atoms with Crippen molar-refractivity contribution in [2.24, 2.45) is 0 Å². The van der Waals surface area contributed by atoms with E-state index < -0.39 is 0 Å². The normalized spacial score (nSPS) is 20.1. The average Bonchev–Trinajstić information content (AvgIpc) is 3.09. The number of aromatic nitrogens is 2. The summed E-state index contributed by atoms with van der Waals surface area (Å²) in [5.41, 5.74) is 3.95. The molecule has 2 aliphatic rings. The lowest BCUT2D eigenvalue weighted by Gasteiger charge is -2.29. The smallest absolute Gasteiger partial charge is 0.239 e. The minimum Gasteiger partial charge on any atom is -0.370 e. The van der Waals surface area contributed by atoms with Crippen molar-refractivity contribution in [3.8, 4) is 11.4 Å². The summed E-state index contributed by atoms with van der Waals surface area (Å²) in [6.45, 7) is 4.26. The van der Waals surface area contributed by atoms with E-state index >= 15 is 0 Å². The second kappa shape index (κ2) is 8.89. The molecule has 1 atom stereocenters. The predicted octanol–water partition coefficient (Wildman–Crippen LogP) is 4.06. The summed E-state index contributed by atoms with van der Waals surface area (Å²) in [6, 6.07) is 14.1. The van der Waals surface area contributed by atoms with Crippen LogP contribution in [0.2, 0.25) is 5.02 Å². The van der Waals surface area contributed by atoms with E-state index in [0.717, 1.165) is 80.1 Å². The van der Waals surface area contributed by atoms with Crippen LogP contribution in [-0.2, 0) is 4.79 Å². The van der Waals surface area contributed by atoms with Crippen LogP contribution in [0.1, 0.15) is 25.7 Å². The molecule has 0 saturated carbocycles. The molecule has 6 nitrogen and oxygen atoms in total. The standard InChI is InChI=1S/C24H28ClN5O/c25-19-10-9-17(16-18(19)23-27-20-6-1-2-7-21(20)28-23)29-12-5-13-30(15-14-29)24(31)22-8-3-4-11-26-22/h1-2,6-7,9-10,16,22,26H,3-5,8,11-15H2,(H,27,28)/t22-/m0/s1. The Kier molecular flexibility index (Phi) is 5.83. The molecule has 0 bridgehead atoms. The molecule has 162 valence electrons. The number of nitrogens with one attached hydrogen (secondary N) is 2. The average molecular weight is 438 g/mol. The molecule has 2 aliphatic heterocycles. The zero-order valence-corrected chi connectivity index (χ0v) is 18.4. The van der Waals surface area contributed by atoms with Crippen LogP contribution in [0.5, 0.6) is 0 Å². The number of halogens is 1. The highest BCUT2D eigenvalue weighted by molar-refractivity contribution is 6.33. The van der Waals surface area contributed by atoms with Crippen molar-refractivity contribution >= 4 is 34.2 Å². The zero-order chi connectivity index (χ0) is 21.2. The van der Waals surface area contributed by atoms with Gasteiger partial charge in [-0.15, -0.1) is 0 Å². The number of piperidine rings is 1. The summed E-state index contributed by atoms with van der Waals surface area (Å²) in [7, 11) is 0. The highest BCUT2D eigenvalue weighted by Crippen LogP contribution is 2.32. The summed E-state index contributed by atoms with van der Waals surface area (Å²) in [5.74, 6) is 1.05. The molecule has 3 heterocycles. The Bertz CT molecular complexity index is 1040. The maximum absolute atomic E-state index is 12.9. The van der Waals surface area contributed by atoms with Gasteiger partial charge in [0, 0.05) is 37.4 Å². The van der Waals surface area contributed by atoms with Crippen LogP contribution >= 0.6 is 11.6 Å². The summed E-state index contributed by atoms with van der Waals surface area (Å²) in [5, 5.41) is 4.07. The number of para-hydroxylation sites is 2. The summed E-state index contributed by atoms with van der Waals surface area (Å²) < 4.78 is 0. The number of carbonyl (C=O) groups is 1. The largest absolute Gasteiger partial charge is 0.370 e. The zero-order valence-electron chi connectivity index (χ0n) is 17.6. The van der Waals surface area contributed by atoms with E-state index in [1.165, 1.54) is 6.42 Å². The lowest BCUT2D eigenvalue weighted by molar-refractivity contribution is -0.133. The topological polar surface area (TPSA) is 64.3 Å². The SMILES string of the molecule is O=C([C@@H]1CCCCN1)N1CCCN(c2ccc(Cl)c(-c3nc4ccccc4[nH]3)c2)CC1. The van der Waals surface area contributed by atoms with Crippen LogP contribution in [0, 0.1) is 0 Å². The Hall–Kier alpha value is -2.57. The highest BCUT2D eigenvalue weighted by atomic mass is 35.5. The number of amides is 1. The summed E-state index contributed by atoms with van der Waals surface area (Å²) >= 11 is 6.54. The quantitative estimate of drug-likeness (QED) is 0.648. The van der Waals surface area contributed by atoms with Crippen LogP contribution in [0.15, 0.2) is 42.5 Å². The van der Waals surface area contributed by atoms with Crippen LogP contribution in [0.4, 0.5) is 5.69 Å². The molecule has 1 aromatic heterocycles. The Labute approximate surface area is 187 Å². The predicted molar refractivity (Wildman–Crippen MR) is 126 cm³/mol. The Morgan fingerprint density at radius 2 is 1.94 bits per heavy atom. The van der Waals surface area contributed by atoms with Crippen molar-refractivity contribution in [3.05, 3.63) is 47.5 Å². The monoisotopic (exact) mass is 437 g/mol. The lowest BCUT2D eigenvalue weighted by atomic mass is 10.0. The number of rotatable bonds is 3. The summed E-state index contributed by atoms with van der Waals surface area (Å²) in [4.78, 5) is 25.4. The van der Waals surface area contributed by atoms with E-state index in [0.29, 0.717) is 5.02 Å². The minimum atomic E-state index is -0.00415. The first-order valence-corrected chi connectivity index (χ1v) is 11.6. The molecule has 31 heavy (non-hydrogen) atoms. The maximum Gasteiger partial charge on any atom is 0.239 e. The van der Waals surface area contributed by atoms with E-state index in [2.05, 4.69) is 27.3 Å². The number of anilines is 1. The van der Waals surface area contributed by atoms with Gasteiger partial charge in [-0.05, 0) is 56.1 Å². The van der Waals surface area contributed by atoms with Gasteiger partial charge < -0.3 is 20.1 Å². The molecule has 7 heteroatoms. The Morgan fingerprint density at radius 3 is 2.77 bits per heavy atom. The molecule has 3 aromatic rings. The third-order valence-corrected chi connectivity index (χ3v) is 6.71. The van der Waals surface area contributed by atoms with Gasteiger partial charge in [0.15, 0.2) is 0 Å². The van der Waals surface area contributed by atoms with Crippen molar-refractivity contribution in [1.82, 2.24) is 20.2 Å². The Morgan fingerprint density at radius 1 is 1.03 bits per heavy atom. The molecule has 0 unspecified atom stereocenters. The number of hydrogen-bond donors (Lipinski definition) is 2. The molecule has 0 spiro atoms. The molecule has 2 fully saturated rings. The molecule has 0 radical (unpaired) electrons. The summed E-state index contributed by atoms with van der Waals surface area (Å²) in [6.07, 6.45) is 4.22. The van der Waals surface area contributed by atoms with Gasteiger partial charge in [0.05, 0.1) is 22.1 Å². The first kappa shape index (κ1) is 20.3. The van der Waals surface area contributed by atoms with Crippen LogP contribution < -0.4 is 10.2 Å². The van der Waals surface area contributed by atoms with Gasteiger partial charge in [-0.1, -0.05) is 30.2 Å². The number of H-pyrrole nitrogens is 1. The van der Waals surface area contributed by atoms with E-state index in [4.69, 9.17) is 16.6 Å². The molecule has 2 saturated heterocycles. The fourth-order valence-corrected chi connectivity index (χ4v) is 4.86. The molecule has 2 N–H and O–H groups in total. The second-order valence-electron chi connectivity index (χ2n) is 8.44. The van der Waals surface area contributed by atoms with Crippen molar-refractivity contribution in [2.75, 3.05) is 37.6 Å². The maximum atomic E-state index is 12.9. The fourth-order valence-electron chi connectivity index (χ4n) is 4.65. The van der Waals surface area contributed by atoms with Gasteiger partial charge in [0.2, 0.25) is 5.91 Å². The first-order chi connectivity index (χ1) is 15.2. The third kappa shape index (κ3) is 4.27. The number of benzene rings is 2. The fraction of sp³-hybridized carbons (Fsp3) is 0.417. The Balaban J connectivity index is 1.33. The van der Waals surface area contributed by atoms with Gasteiger partial charge in [-0.25, -0.2) is 4.98 Å². The third-order valence-electron chi connectivity index (χ3n) is 6.38. The van der Waals surface area contributed by atoms with Crippen molar-refractivity contribution in [1.29, 1.82) is 0 Å². The van der Waals surface area contributed by atoms with Gasteiger partial charge in [-0.3, -0.25) is 4.79 Å². The second-order valence-corrected chi connectivity index (χ2v) is 8.84. The van der Waals surface area contributed by atoms with Crippen molar-refractivity contribution in [2.45, 2.75) is 31.7 Å². The number of carbonyl (C=O) groups excluding carboxylic acids is 1. The lowest BCUT2D eigenvalue weighted by Crippen LogP contribution is -2.49. The van der Waals surface area contributed by atoms with Gasteiger partial charge >= 0.3 is 0 Å². The van der Waals surface area contributed by atoms with E-state index in [9.17, 15) is 4.79 Å². The van der Waals surface area contributed by atoms with Gasteiger partial charge in [0.1, 0.15) is 5.82 Å². The molecule has 2 aromatic carbocycles. The number of aromatic amines is 1. The first-order valence-electron chi connectivity index (χ1n) is 11.2. The number of imidazole rings is 1. The number of fused-ring (bicyclic) bond motifs is 1. The van der Waals surface area contributed by atoms with E-state index in [1.54, 1.807) is 0 Å². The van der Waals surface area contributed by atoms with Gasteiger partial charge in [-0.2, -0.15) is 0 Å². The molecule has 5 rings (SSSR count). The minimum absolute atomic E-state index is 0.00415. The number of nitrogens with zero attached hydrogens (tertiary/aromatic N) is 3. The van der Waals surface area contributed by atoms with Gasteiger partial charge in [0.25, 0.3) is 0 Å². The molecular formula is C24H28ClN5O. The van der Waals surface area contributed by atoms with Crippen LogP contribution in [0.25, 0.3) is 22.4 Å². The molecule has 1 amide bonds. The molecule has 0 aliphatic carbocycles. The van der Waals surface area contributed by atoms with E-state index in [1.807, 2.05) is 35.2 Å². The van der Waals surface area contributed by atoms with E-state index in [-0.39, 0.29) is 11.9 Å². The number of hydrogen-bond acceptors (Lipinski definition) is 4.